The number of fused-ring (bicyclic) bond motifs is 3. The number of hydrogen-bond donors (Lipinski definition) is 2. The lowest BCUT2D eigenvalue weighted by Crippen LogP contribution is -2.39. The Morgan fingerprint density at radius 2 is 2.00 bits per heavy atom. The lowest BCUT2D eigenvalue weighted by molar-refractivity contribution is -0.126. The van der Waals surface area contributed by atoms with Gasteiger partial charge in [0.2, 0.25) is 11.8 Å². The van der Waals surface area contributed by atoms with Crippen LogP contribution in [-0.2, 0) is 16.1 Å². The van der Waals surface area contributed by atoms with Gasteiger partial charge in [-0.3, -0.25) is 19.0 Å². The minimum Gasteiger partial charge on any atom is -0.355 e. The Labute approximate surface area is 159 Å². The zero-order valence-corrected chi connectivity index (χ0v) is 16.3. The van der Waals surface area contributed by atoms with Crippen LogP contribution in [0.3, 0.4) is 0 Å². The Bertz CT molecular complexity index is 1090. The summed E-state index contributed by atoms with van der Waals surface area (Å²) < 4.78 is 1.72. The number of thiophene rings is 1. The fraction of sp³-hybridized carbons (Fsp3) is 0.389. The lowest BCUT2D eigenvalue weighted by atomic mass is 10.1. The molecule has 0 radical (unpaired) electrons. The molecule has 2 amide bonds. The van der Waals surface area contributed by atoms with Crippen molar-refractivity contribution in [3.05, 3.63) is 34.0 Å². The lowest BCUT2D eigenvalue weighted by Gasteiger charge is -2.07. The van der Waals surface area contributed by atoms with Gasteiger partial charge in [0.1, 0.15) is 16.1 Å². The summed E-state index contributed by atoms with van der Waals surface area (Å²) in [5, 5.41) is 6.06. The number of amides is 2. The number of nitrogens with zero attached hydrogens (tertiary/aromatic N) is 3. The predicted molar refractivity (Wildman–Crippen MR) is 105 cm³/mol. The predicted octanol–water partition coefficient (Wildman–Crippen LogP) is 1.27. The highest BCUT2D eigenvalue weighted by molar-refractivity contribution is 7.25. The van der Waals surface area contributed by atoms with Gasteiger partial charge in [0, 0.05) is 17.6 Å². The van der Waals surface area contributed by atoms with Crippen molar-refractivity contribution in [1.29, 1.82) is 0 Å². The third-order valence-electron chi connectivity index (χ3n) is 4.08. The first-order valence-corrected chi connectivity index (χ1v) is 9.51. The van der Waals surface area contributed by atoms with Gasteiger partial charge in [0.15, 0.2) is 0 Å². The van der Waals surface area contributed by atoms with Crippen LogP contribution in [0.15, 0.2) is 17.2 Å². The summed E-state index contributed by atoms with van der Waals surface area (Å²) in [6.45, 7) is 6.07. The zero-order chi connectivity index (χ0) is 19.6. The van der Waals surface area contributed by atoms with Crippen LogP contribution >= 0.6 is 11.3 Å². The molecule has 3 aromatic heterocycles. The summed E-state index contributed by atoms with van der Waals surface area (Å²) in [6.07, 6.45) is 2.19. The number of aromatic nitrogens is 3. The standard InChI is InChI=1S/C18H21N5O3S/c1-4-5-19-12(24)7-20-13(25)8-23-9-21-15-14-10(2)6-11(3)22-17(14)27-16(15)18(23)26/h6,9H,4-5,7-8H2,1-3H3,(H,19,24)(H,20,25). The summed E-state index contributed by atoms with van der Waals surface area (Å²) >= 11 is 1.28. The van der Waals surface area contributed by atoms with Crippen LogP contribution in [-0.4, -0.2) is 39.4 Å². The summed E-state index contributed by atoms with van der Waals surface area (Å²) in [4.78, 5) is 46.0. The van der Waals surface area contributed by atoms with Gasteiger partial charge >= 0.3 is 0 Å². The normalized spacial score (nSPS) is 11.1. The number of rotatable bonds is 6. The number of nitrogens with one attached hydrogen (secondary N) is 2. The molecular formula is C18H21N5O3S. The summed E-state index contributed by atoms with van der Waals surface area (Å²) in [7, 11) is 0. The van der Waals surface area contributed by atoms with Gasteiger partial charge in [0.25, 0.3) is 5.56 Å². The monoisotopic (exact) mass is 387 g/mol. The maximum absolute atomic E-state index is 12.8. The van der Waals surface area contributed by atoms with E-state index in [4.69, 9.17) is 0 Å². The third-order valence-corrected chi connectivity index (χ3v) is 5.14. The number of pyridine rings is 1. The molecule has 9 heteroatoms. The molecule has 27 heavy (non-hydrogen) atoms. The molecule has 2 N–H and O–H groups in total. The van der Waals surface area contributed by atoms with Gasteiger partial charge in [0.05, 0.1) is 18.4 Å². The molecule has 0 fully saturated rings. The largest absolute Gasteiger partial charge is 0.355 e. The van der Waals surface area contributed by atoms with E-state index in [-0.39, 0.29) is 24.6 Å². The van der Waals surface area contributed by atoms with Crippen LogP contribution in [0.25, 0.3) is 20.4 Å². The van der Waals surface area contributed by atoms with E-state index >= 15 is 0 Å². The fourth-order valence-electron chi connectivity index (χ4n) is 2.83. The topological polar surface area (TPSA) is 106 Å². The van der Waals surface area contributed by atoms with Crippen LogP contribution in [0.5, 0.6) is 0 Å². The Hall–Kier alpha value is -2.81. The molecule has 0 spiro atoms. The van der Waals surface area contributed by atoms with E-state index in [0.29, 0.717) is 16.8 Å². The minimum atomic E-state index is -0.420. The van der Waals surface area contributed by atoms with Gasteiger partial charge in [-0.15, -0.1) is 11.3 Å². The average Bonchev–Trinajstić information content (AvgIpc) is 3.00. The van der Waals surface area contributed by atoms with Crippen LogP contribution in [0.2, 0.25) is 0 Å². The number of carbonyl (C=O) groups is 2. The molecule has 0 aliphatic rings. The van der Waals surface area contributed by atoms with Crippen molar-refractivity contribution in [3.63, 3.8) is 0 Å². The van der Waals surface area contributed by atoms with Crippen molar-refractivity contribution in [3.8, 4) is 0 Å². The van der Waals surface area contributed by atoms with Crippen molar-refractivity contribution in [2.75, 3.05) is 13.1 Å². The first-order chi connectivity index (χ1) is 12.9. The van der Waals surface area contributed by atoms with Gasteiger partial charge < -0.3 is 10.6 Å². The molecule has 0 bridgehead atoms. The van der Waals surface area contributed by atoms with Gasteiger partial charge in [-0.2, -0.15) is 0 Å². The Kier molecular flexibility index (Phi) is 5.50. The molecule has 0 aliphatic carbocycles. The van der Waals surface area contributed by atoms with Gasteiger partial charge in [-0.1, -0.05) is 6.92 Å². The summed E-state index contributed by atoms with van der Waals surface area (Å²) in [5.74, 6) is -0.677. The van der Waals surface area contributed by atoms with E-state index in [9.17, 15) is 14.4 Å². The van der Waals surface area contributed by atoms with E-state index in [0.717, 1.165) is 27.9 Å². The zero-order valence-electron chi connectivity index (χ0n) is 15.5. The van der Waals surface area contributed by atoms with Crippen molar-refractivity contribution in [1.82, 2.24) is 25.2 Å². The second-order valence-electron chi connectivity index (χ2n) is 6.34. The van der Waals surface area contributed by atoms with Crippen molar-refractivity contribution < 1.29 is 9.59 Å². The van der Waals surface area contributed by atoms with Gasteiger partial charge in [-0.25, -0.2) is 9.97 Å². The van der Waals surface area contributed by atoms with Crippen molar-refractivity contribution >= 4 is 43.6 Å². The highest BCUT2D eigenvalue weighted by Gasteiger charge is 2.16. The molecule has 0 aliphatic heterocycles. The molecule has 3 rings (SSSR count). The van der Waals surface area contributed by atoms with E-state index < -0.39 is 5.91 Å². The van der Waals surface area contributed by atoms with E-state index in [1.807, 2.05) is 26.8 Å². The first kappa shape index (κ1) is 19.0. The number of aryl methyl sites for hydroxylation is 2. The Balaban J connectivity index is 1.82. The van der Waals surface area contributed by atoms with Gasteiger partial charge in [-0.05, 0) is 31.9 Å². The van der Waals surface area contributed by atoms with E-state index in [1.165, 1.54) is 22.2 Å². The fourth-order valence-corrected chi connectivity index (χ4v) is 4.03. The number of hydrogen-bond acceptors (Lipinski definition) is 6. The van der Waals surface area contributed by atoms with Crippen molar-refractivity contribution in [2.24, 2.45) is 0 Å². The average molecular weight is 387 g/mol. The highest BCUT2D eigenvalue weighted by Crippen LogP contribution is 2.31. The molecular weight excluding hydrogens is 366 g/mol. The first-order valence-electron chi connectivity index (χ1n) is 8.70. The molecule has 8 nitrogen and oxygen atoms in total. The van der Waals surface area contributed by atoms with E-state index in [2.05, 4.69) is 20.6 Å². The third kappa shape index (κ3) is 3.97. The molecule has 3 heterocycles. The number of carbonyl (C=O) groups excluding carboxylic acids is 2. The molecule has 0 aromatic carbocycles. The SMILES string of the molecule is CCCNC(=O)CNC(=O)Cn1cnc2c(sc3nc(C)cc(C)c32)c1=O. The molecule has 142 valence electrons. The Morgan fingerprint density at radius 3 is 2.74 bits per heavy atom. The molecule has 0 saturated carbocycles. The second-order valence-corrected chi connectivity index (χ2v) is 7.34. The summed E-state index contributed by atoms with van der Waals surface area (Å²) in [6, 6.07) is 1.96. The second kappa shape index (κ2) is 7.83. The molecule has 0 unspecified atom stereocenters. The summed E-state index contributed by atoms with van der Waals surface area (Å²) in [5.41, 5.74) is 2.23. The van der Waals surface area contributed by atoms with E-state index in [1.54, 1.807) is 0 Å². The van der Waals surface area contributed by atoms with Crippen LogP contribution in [0.4, 0.5) is 0 Å². The molecule has 0 saturated heterocycles. The smallest absolute Gasteiger partial charge is 0.271 e. The quantitative estimate of drug-likeness (QED) is 0.662. The Morgan fingerprint density at radius 1 is 1.22 bits per heavy atom. The molecule has 3 aromatic rings. The van der Waals surface area contributed by atoms with Crippen LogP contribution < -0.4 is 16.2 Å². The minimum absolute atomic E-state index is 0.117. The van der Waals surface area contributed by atoms with Crippen LogP contribution in [0, 0.1) is 13.8 Å². The van der Waals surface area contributed by atoms with Crippen LogP contribution in [0.1, 0.15) is 24.6 Å². The highest BCUT2D eigenvalue weighted by atomic mass is 32.1. The maximum atomic E-state index is 12.8. The maximum Gasteiger partial charge on any atom is 0.271 e. The molecule has 0 atom stereocenters. The van der Waals surface area contributed by atoms with Crippen molar-refractivity contribution in [2.45, 2.75) is 33.7 Å².